The van der Waals surface area contributed by atoms with Gasteiger partial charge in [-0.3, -0.25) is 9.78 Å². The third-order valence-electron chi connectivity index (χ3n) is 3.58. The Labute approximate surface area is 113 Å². The standard InChI is InChI=1S/C14H21N3O2/c1-2-17(10-11-4-3-6-15-8-11)14(19)12-5-7-16-9-13(12)18/h5,7,9,11,15,18H,2-4,6,8,10H2,1H3. The van der Waals surface area contributed by atoms with Crippen molar-refractivity contribution < 1.29 is 9.90 Å². The van der Waals surface area contributed by atoms with Crippen LogP contribution >= 0.6 is 0 Å². The molecule has 0 radical (unpaired) electrons. The number of piperidine rings is 1. The van der Waals surface area contributed by atoms with Crippen LogP contribution in [0.15, 0.2) is 18.5 Å². The highest BCUT2D eigenvalue weighted by molar-refractivity contribution is 5.96. The fourth-order valence-corrected chi connectivity index (χ4v) is 2.48. The van der Waals surface area contributed by atoms with Gasteiger partial charge in [-0.25, -0.2) is 0 Å². The van der Waals surface area contributed by atoms with Gasteiger partial charge in [0.2, 0.25) is 0 Å². The molecule has 0 saturated carbocycles. The van der Waals surface area contributed by atoms with Crippen molar-refractivity contribution in [2.45, 2.75) is 19.8 Å². The first-order chi connectivity index (χ1) is 9.22. The van der Waals surface area contributed by atoms with Gasteiger partial charge in [0.25, 0.3) is 5.91 Å². The maximum atomic E-state index is 12.4. The summed E-state index contributed by atoms with van der Waals surface area (Å²) in [5.74, 6) is 0.335. The average molecular weight is 263 g/mol. The number of nitrogens with one attached hydrogen (secondary N) is 1. The fraction of sp³-hybridized carbons (Fsp3) is 0.571. The molecule has 104 valence electrons. The Morgan fingerprint density at radius 3 is 3.11 bits per heavy atom. The van der Waals surface area contributed by atoms with Crippen molar-refractivity contribution in [1.82, 2.24) is 15.2 Å². The Morgan fingerprint density at radius 2 is 2.47 bits per heavy atom. The van der Waals surface area contributed by atoms with Crippen LogP contribution < -0.4 is 5.32 Å². The largest absolute Gasteiger partial charge is 0.505 e. The van der Waals surface area contributed by atoms with Crippen LogP contribution in [0, 0.1) is 5.92 Å². The minimum atomic E-state index is -0.118. The van der Waals surface area contributed by atoms with Crippen LogP contribution in [0.3, 0.4) is 0 Å². The third-order valence-corrected chi connectivity index (χ3v) is 3.58. The summed E-state index contributed by atoms with van der Waals surface area (Å²) >= 11 is 0. The lowest BCUT2D eigenvalue weighted by Crippen LogP contribution is -2.41. The molecule has 1 amide bonds. The summed E-state index contributed by atoms with van der Waals surface area (Å²) in [5.41, 5.74) is 0.334. The second kappa shape index (κ2) is 6.52. The predicted molar refractivity (Wildman–Crippen MR) is 73.1 cm³/mol. The zero-order chi connectivity index (χ0) is 13.7. The summed E-state index contributed by atoms with van der Waals surface area (Å²) in [6.07, 6.45) is 5.15. The van der Waals surface area contributed by atoms with Gasteiger partial charge in [-0.15, -0.1) is 0 Å². The summed E-state index contributed by atoms with van der Waals surface area (Å²) in [6.45, 7) is 5.39. The van der Waals surface area contributed by atoms with E-state index in [1.54, 1.807) is 11.0 Å². The number of aromatic nitrogens is 1. The zero-order valence-corrected chi connectivity index (χ0v) is 11.3. The van der Waals surface area contributed by atoms with Crippen molar-refractivity contribution in [3.05, 3.63) is 24.0 Å². The minimum absolute atomic E-state index is 0.0484. The van der Waals surface area contributed by atoms with Crippen LogP contribution in [-0.4, -0.2) is 47.1 Å². The molecule has 2 heterocycles. The lowest BCUT2D eigenvalue weighted by molar-refractivity contribution is 0.0726. The van der Waals surface area contributed by atoms with E-state index >= 15 is 0 Å². The maximum absolute atomic E-state index is 12.4. The molecule has 1 aliphatic heterocycles. The van der Waals surface area contributed by atoms with Crippen LogP contribution in [0.4, 0.5) is 0 Å². The topological polar surface area (TPSA) is 65.5 Å². The second-order valence-electron chi connectivity index (χ2n) is 4.95. The highest BCUT2D eigenvalue weighted by atomic mass is 16.3. The zero-order valence-electron chi connectivity index (χ0n) is 11.3. The molecule has 0 bridgehead atoms. The molecule has 2 rings (SSSR count). The number of rotatable bonds is 4. The quantitative estimate of drug-likeness (QED) is 0.858. The van der Waals surface area contributed by atoms with E-state index in [1.807, 2.05) is 6.92 Å². The van der Waals surface area contributed by atoms with Crippen molar-refractivity contribution in [1.29, 1.82) is 0 Å². The fourth-order valence-electron chi connectivity index (χ4n) is 2.48. The van der Waals surface area contributed by atoms with Gasteiger partial charge in [-0.2, -0.15) is 0 Å². The van der Waals surface area contributed by atoms with Crippen LogP contribution in [0.2, 0.25) is 0 Å². The number of hydrogen-bond donors (Lipinski definition) is 2. The van der Waals surface area contributed by atoms with E-state index in [2.05, 4.69) is 10.3 Å². The van der Waals surface area contributed by atoms with Crippen molar-refractivity contribution in [3.8, 4) is 5.75 Å². The molecule has 0 spiro atoms. The van der Waals surface area contributed by atoms with Gasteiger partial charge in [0.05, 0.1) is 11.8 Å². The third kappa shape index (κ3) is 3.44. The Bertz CT molecular complexity index is 430. The first-order valence-electron chi connectivity index (χ1n) is 6.85. The van der Waals surface area contributed by atoms with E-state index in [0.717, 1.165) is 32.5 Å². The monoisotopic (exact) mass is 263 g/mol. The number of pyridine rings is 1. The van der Waals surface area contributed by atoms with Crippen LogP contribution in [0.25, 0.3) is 0 Å². The normalized spacial score (nSPS) is 19.1. The lowest BCUT2D eigenvalue weighted by Gasteiger charge is -2.29. The molecule has 1 atom stereocenters. The van der Waals surface area contributed by atoms with Gasteiger partial charge in [0.15, 0.2) is 0 Å². The highest BCUT2D eigenvalue weighted by Crippen LogP contribution is 2.18. The smallest absolute Gasteiger partial charge is 0.257 e. The van der Waals surface area contributed by atoms with Crippen LogP contribution in [0.5, 0.6) is 5.75 Å². The maximum Gasteiger partial charge on any atom is 0.257 e. The van der Waals surface area contributed by atoms with Crippen LogP contribution in [-0.2, 0) is 0 Å². The SMILES string of the molecule is CCN(CC1CCCNC1)C(=O)c1ccncc1O. The summed E-state index contributed by atoms with van der Waals surface area (Å²) in [4.78, 5) is 18.0. The molecule has 5 heteroatoms. The first-order valence-corrected chi connectivity index (χ1v) is 6.85. The number of carbonyl (C=O) groups is 1. The van der Waals surface area contributed by atoms with Crippen molar-refractivity contribution >= 4 is 5.91 Å². The summed E-state index contributed by atoms with van der Waals surface area (Å²) < 4.78 is 0. The molecule has 0 aromatic carbocycles. The highest BCUT2D eigenvalue weighted by Gasteiger charge is 2.22. The Kier molecular flexibility index (Phi) is 4.74. The average Bonchev–Trinajstić information content (AvgIpc) is 2.46. The molecular formula is C14H21N3O2. The molecule has 0 aliphatic carbocycles. The van der Waals surface area contributed by atoms with E-state index < -0.39 is 0 Å². The van der Waals surface area contributed by atoms with Gasteiger partial charge in [-0.05, 0) is 44.8 Å². The summed E-state index contributed by atoms with van der Waals surface area (Å²) in [5, 5.41) is 13.1. The van der Waals surface area contributed by atoms with Gasteiger partial charge in [-0.1, -0.05) is 0 Å². The number of hydrogen-bond acceptors (Lipinski definition) is 4. The molecular weight excluding hydrogens is 242 g/mol. The minimum Gasteiger partial charge on any atom is -0.505 e. The number of carbonyl (C=O) groups excluding carboxylic acids is 1. The molecule has 1 fully saturated rings. The van der Waals surface area contributed by atoms with E-state index in [9.17, 15) is 9.90 Å². The van der Waals surface area contributed by atoms with Crippen molar-refractivity contribution in [2.75, 3.05) is 26.2 Å². The Balaban J connectivity index is 2.04. The van der Waals surface area contributed by atoms with Gasteiger partial charge in [0.1, 0.15) is 5.75 Å². The molecule has 1 saturated heterocycles. The second-order valence-corrected chi connectivity index (χ2v) is 4.95. The molecule has 1 aliphatic rings. The predicted octanol–water partition coefficient (Wildman–Crippen LogP) is 1.25. The number of amides is 1. The molecule has 19 heavy (non-hydrogen) atoms. The lowest BCUT2D eigenvalue weighted by atomic mass is 9.99. The summed E-state index contributed by atoms with van der Waals surface area (Å²) in [6, 6.07) is 1.57. The van der Waals surface area contributed by atoms with Crippen LogP contribution in [0.1, 0.15) is 30.1 Å². The first kappa shape index (κ1) is 13.8. The van der Waals surface area contributed by atoms with E-state index in [1.165, 1.54) is 12.4 Å². The van der Waals surface area contributed by atoms with Crippen molar-refractivity contribution in [2.24, 2.45) is 5.92 Å². The van der Waals surface area contributed by atoms with Crippen molar-refractivity contribution in [3.63, 3.8) is 0 Å². The van der Waals surface area contributed by atoms with E-state index in [-0.39, 0.29) is 11.7 Å². The molecule has 2 N–H and O–H groups in total. The molecule has 1 aromatic heterocycles. The van der Waals surface area contributed by atoms with Gasteiger partial charge < -0.3 is 15.3 Å². The van der Waals surface area contributed by atoms with Gasteiger partial charge >= 0.3 is 0 Å². The molecule has 1 aromatic rings. The summed E-state index contributed by atoms with van der Waals surface area (Å²) in [7, 11) is 0. The Morgan fingerprint density at radius 1 is 1.63 bits per heavy atom. The van der Waals surface area contributed by atoms with E-state index in [4.69, 9.17) is 0 Å². The Hall–Kier alpha value is -1.62. The number of aromatic hydroxyl groups is 1. The molecule has 5 nitrogen and oxygen atoms in total. The van der Waals surface area contributed by atoms with Gasteiger partial charge in [0, 0.05) is 19.3 Å². The number of nitrogens with zero attached hydrogens (tertiary/aromatic N) is 2. The molecule has 1 unspecified atom stereocenters. The van der Waals surface area contributed by atoms with E-state index in [0.29, 0.717) is 18.0 Å².